The summed E-state index contributed by atoms with van der Waals surface area (Å²) in [5, 5.41) is 3.38. The second-order valence-electron chi connectivity index (χ2n) is 3.92. The van der Waals surface area contributed by atoms with E-state index in [0.29, 0.717) is 12.5 Å². The molecule has 0 saturated carbocycles. The van der Waals surface area contributed by atoms with E-state index >= 15 is 0 Å². The van der Waals surface area contributed by atoms with Crippen molar-refractivity contribution in [3.8, 4) is 0 Å². The lowest BCUT2D eigenvalue weighted by molar-refractivity contribution is 0.0761. The summed E-state index contributed by atoms with van der Waals surface area (Å²) < 4.78 is 5.62. The molecule has 1 N–H and O–H groups in total. The van der Waals surface area contributed by atoms with Crippen LogP contribution in [0, 0.1) is 5.92 Å². The highest BCUT2D eigenvalue weighted by Gasteiger charge is 2.12. The largest absolute Gasteiger partial charge is 0.375 e. The van der Waals surface area contributed by atoms with Crippen LogP contribution in [-0.4, -0.2) is 29.7 Å². The first-order valence-electron chi connectivity index (χ1n) is 5.48. The van der Waals surface area contributed by atoms with Gasteiger partial charge in [0.25, 0.3) is 0 Å². The fraction of sp³-hybridized carbons (Fsp3) is 0.636. The van der Waals surface area contributed by atoms with Crippen LogP contribution in [0.25, 0.3) is 0 Å². The molecule has 1 saturated heterocycles. The van der Waals surface area contributed by atoms with E-state index in [4.69, 9.17) is 4.74 Å². The van der Waals surface area contributed by atoms with Crippen molar-refractivity contribution in [1.82, 2.24) is 15.3 Å². The van der Waals surface area contributed by atoms with E-state index in [9.17, 15) is 0 Å². The second-order valence-corrected chi connectivity index (χ2v) is 3.92. The third-order valence-corrected chi connectivity index (χ3v) is 2.62. The topological polar surface area (TPSA) is 47.0 Å². The first kappa shape index (κ1) is 10.5. The van der Waals surface area contributed by atoms with Crippen molar-refractivity contribution in [1.29, 1.82) is 0 Å². The molecule has 1 atom stereocenters. The van der Waals surface area contributed by atoms with Gasteiger partial charge in [-0.05, 0) is 25.3 Å². The fourth-order valence-corrected chi connectivity index (χ4v) is 1.80. The fourth-order valence-electron chi connectivity index (χ4n) is 1.80. The van der Waals surface area contributed by atoms with Gasteiger partial charge in [-0.2, -0.15) is 0 Å². The lowest BCUT2D eigenvalue weighted by Gasteiger charge is -2.22. The van der Waals surface area contributed by atoms with E-state index in [1.807, 2.05) is 0 Å². The van der Waals surface area contributed by atoms with Crippen LogP contribution in [0.1, 0.15) is 18.5 Å². The minimum absolute atomic E-state index is 0.574. The molecule has 0 unspecified atom stereocenters. The average molecular weight is 207 g/mol. The number of hydrogen-bond acceptors (Lipinski definition) is 4. The number of nitrogens with zero attached hydrogens (tertiary/aromatic N) is 2. The van der Waals surface area contributed by atoms with Gasteiger partial charge in [0.1, 0.15) is 0 Å². The summed E-state index contributed by atoms with van der Waals surface area (Å²) in [5.41, 5.74) is 0.904. The van der Waals surface area contributed by atoms with E-state index < -0.39 is 0 Å². The van der Waals surface area contributed by atoms with E-state index in [1.165, 1.54) is 12.8 Å². The van der Waals surface area contributed by atoms with E-state index in [2.05, 4.69) is 15.3 Å². The SMILES string of the molecule is c1cnc(COC[C@@H]2CCCNC2)cn1. The Hall–Kier alpha value is -1.00. The molecular formula is C11H17N3O. The van der Waals surface area contributed by atoms with Crippen molar-refractivity contribution in [2.75, 3.05) is 19.7 Å². The Labute approximate surface area is 90.1 Å². The van der Waals surface area contributed by atoms with Gasteiger partial charge in [0.2, 0.25) is 0 Å². The Balaban J connectivity index is 1.66. The van der Waals surface area contributed by atoms with Crippen LogP contribution in [-0.2, 0) is 11.3 Å². The van der Waals surface area contributed by atoms with E-state index in [1.54, 1.807) is 18.6 Å². The number of aromatic nitrogens is 2. The Kier molecular flexibility index (Phi) is 4.05. The van der Waals surface area contributed by atoms with E-state index in [0.717, 1.165) is 25.4 Å². The van der Waals surface area contributed by atoms with Crippen LogP contribution in [0.5, 0.6) is 0 Å². The maximum absolute atomic E-state index is 5.62. The minimum Gasteiger partial charge on any atom is -0.375 e. The quantitative estimate of drug-likeness (QED) is 0.800. The summed E-state index contributed by atoms with van der Waals surface area (Å²) in [6.45, 7) is 3.63. The first-order chi connectivity index (χ1) is 7.45. The lowest BCUT2D eigenvalue weighted by Crippen LogP contribution is -2.32. The maximum Gasteiger partial charge on any atom is 0.0903 e. The average Bonchev–Trinajstić information content (AvgIpc) is 2.32. The highest BCUT2D eigenvalue weighted by atomic mass is 16.5. The normalized spacial score (nSPS) is 21.5. The van der Waals surface area contributed by atoms with Crippen molar-refractivity contribution >= 4 is 0 Å². The molecule has 4 heteroatoms. The molecule has 0 bridgehead atoms. The van der Waals surface area contributed by atoms with Crippen molar-refractivity contribution in [2.45, 2.75) is 19.4 Å². The number of rotatable bonds is 4. The minimum atomic E-state index is 0.574. The standard InChI is InChI=1S/C11H17N3O/c1-2-10(6-12-3-1)8-15-9-11-7-13-4-5-14-11/h4-5,7,10,12H,1-3,6,8-9H2/t10-/m1/s1. The zero-order valence-corrected chi connectivity index (χ0v) is 8.85. The van der Waals surface area contributed by atoms with Crippen LogP contribution in [0.2, 0.25) is 0 Å². The predicted molar refractivity (Wildman–Crippen MR) is 57.3 cm³/mol. The molecule has 0 spiro atoms. The van der Waals surface area contributed by atoms with Crippen LogP contribution in [0.15, 0.2) is 18.6 Å². The van der Waals surface area contributed by atoms with Gasteiger partial charge in [-0.3, -0.25) is 9.97 Å². The Morgan fingerprint density at radius 3 is 3.20 bits per heavy atom. The molecule has 82 valence electrons. The van der Waals surface area contributed by atoms with Crippen LogP contribution in [0.3, 0.4) is 0 Å². The molecule has 2 heterocycles. The highest BCUT2D eigenvalue weighted by Crippen LogP contribution is 2.10. The van der Waals surface area contributed by atoms with Crippen molar-refractivity contribution < 1.29 is 4.74 Å². The first-order valence-corrected chi connectivity index (χ1v) is 5.48. The van der Waals surface area contributed by atoms with Gasteiger partial charge in [0.15, 0.2) is 0 Å². The van der Waals surface area contributed by atoms with Crippen LogP contribution < -0.4 is 5.32 Å². The lowest BCUT2D eigenvalue weighted by atomic mass is 10.0. The number of nitrogens with one attached hydrogen (secondary N) is 1. The molecule has 1 aromatic rings. The summed E-state index contributed by atoms with van der Waals surface area (Å²) in [4.78, 5) is 8.15. The molecule has 1 aliphatic rings. The number of hydrogen-bond donors (Lipinski definition) is 1. The van der Waals surface area contributed by atoms with Crippen molar-refractivity contribution in [2.24, 2.45) is 5.92 Å². The summed E-state index contributed by atoms with van der Waals surface area (Å²) in [6, 6.07) is 0. The number of ether oxygens (including phenoxy) is 1. The maximum atomic E-state index is 5.62. The molecule has 2 rings (SSSR count). The Bertz CT molecular complexity index is 272. The molecule has 1 aliphatic heterocycles. The van der Waals surface area contributed by atoms with Gasteiger partial charge >= 0.3 is 0 Å². The smallest absolute Gasteiger partial charge is 0.0903 e. The summed E-state index contributed by atoms with van der Waals surface area (Å²) in [7, 11) is 0. The van der Waals surface area contributed by atoms with Crippen LogP contribution in [0.4, 0.5) is 0 Å². The monoisotopic (exact) mass is 207 g/mol. The molecular weight excluding hydrogens is 190 g/mol. The third-order valence-electron chi connectivity index (χ3n) is 2.62. The Morgan fingerprint density at radius 1 is 1.47 bits per heavy atom. The van der Waals surface area contributed by atoms with E-state index in [-0.39, 0.29) is 0 Å². The van der Waals surface area contributed by atoms with Gasteiger partial charge < -0.3 is 10.1 Å². The van der Waals surface area contributed by atoms with Gasteiger partial charge in [-0.1, -0.05) is 0 Å². The van der Waals surface area contributed by atoms with Gasteiger partial charge in [-0.25, -0.2) is 0 Å². The summed E-state index contributed by atoms with van der Waals surface area (Å²) in [5.74, 6) is 0.662. The highest BCUT2D eigenvalue weighted by molar-refractivity contribution is 4.91. The third kappa shape index (κ3) is 3.57. The molecule has 0 amide bonds. The second kappa shape index (κ2) is 5.78. The summed E-state index contributed by atoms with van der Waals surface area (Å²) >= 11 is 0. The molecule has 4 nitrogen and oxygen atoms in total. The zero-order chi connectivity index (χ0) is 10.3. The predicted octanol–water partition coefficient (Wildman–Crippen LogP) is 0.993. The molecule has 15 heavy (non-hydrogen) atoms. The Morgan fingerprint density at radius 2 is 2.47 bits per heavy atom. The van der Waals surface area contributed by atoms with Gasteiger partial charge in [0, 0.05) is 18.9 Å². The van der Waals surface area contributed by atoms with Gasteiger partial charge in [0.05, 0.1) is 25.1 Å². The molecule has 0 aromatic carbocycles. The molecule has 0 radical (unpaired) electrons. The van der Waals surface area contributed by atoms with Crippen molar-refractivity contribution in [3.63, 3.8) is 0 Å². The molecule has 0 aliphatic carbocycles. The number of piperidine rings is 1. The molecule has 1 fully saturated rings. The summed E-state index contributed by atoms with van der Waals surface area (Å²) in [6.07, 6.45) is 7.65. The van der Waals surface area contributed by atoms with Gasteiger partial charge in [-0.15, -0.1) is 0 Å². The van der Waals surface area contributed by atoms with Crippen LogP contribution >= 0.6 is 0 Å². The van der Waals surface area contributed by atoms with Crippen molar-refractivity contribution in [3.05, 3.63) is 24.3 Å². The zero-order valence-electron chi connectivity index (χ0n) is 8.85. The molecule has 1 aromatic heterocycles.